The van der Waals surface area contributed by atoms with Crippen LogP contribution in [0.4, 0.5) is 5.69 Å². The van der Waals surface area contributed by atoms with E-state index in [1.165, 1.54) is 31.4 Å². The zero-order chi connectivity index (χ0) is 17.4. The van der Waals surface area contributed by atoms with Crippen molar-refractivity contribution in [3.05, 3.63) is 29.8 Å². The van der Waals surface area contributed by atoms with Crippen LogP contribution in [0.2, 0.25) is 0 Å². The van der Waals surface area contributed by atoms with E-state index in [2.05, 4.69) is 10.2 Å². The first-order valence-corrected chi connectivity index (χ1v) is 9.53. The number of hydrogen-bond acceptors (Lipinski definition) is 3. The monoisotopic (exact) mass is 341 g/mol. The van der Waals surface area contributed by atoms with E-state index < -0.39 is 0 Å². The van der Waals surface area contributed by atoms with Gasteiger partial charge in [-0.05, 0) is 44.9 Å². The van der Waals surface area contributed by atoms with Gasteiger partial charge in [0.25, 0.3) is 0 Å². The molecule has 0 bridgehead atoms. The predicted octanol–water partition coefficient (Wildman–Crippen LogP) is 2.09. The fourth-order valence-electron chi connectivity index (χ4n) is 4.57. The molecule has 1 N–H and O–H groups in total. The summed E-state index contributed by atoms with van der Waals surface area (Å²) >= 11 is 0. The smallest absolute Gasteiger partial charge is 0.227 e. The lowest BCUT2D eigenvalue weighted by atomic mass is 9.98. The quantitative estimate of drug-likeness (QED) is 0.916. The van der Waals surface area contributed by atoms with E-state index in [0.717, 1.165) is 18.7 Å². The molecule has 0 aliphatic carbocycles. The van der Waals surface area contributed by atoms with Gasteiger partial charge in [-0.3, -0.25) is 14.5 Å². The van der Waals surface area contributed by atoms with E-state index >= 15 is 0 Å². The fraction of sp³-hybridized carbons (Fsp3) is 0.600. The topological polar surface area (TPSA) is 52.7 Å². The summed E-state index contributed by atoms with van der Waals surface area (Å²) in [6.07, 6.45) is 5.08. The molecular weight excluding hydrogens is 314 g/mol. The number of anilines is 1. The van der Waals surface area contributed by atoms with Crippen molar-refractivity contribution in [3.8, 4) is 0 Å². The molecule has 3 heterocycles. The third-order valence-electron chi connectivity index (χ3n) is 6.03. The molecule has 0 radical (unpaired) electrons. The number of amides is 2. The number of hydrogen-bond donors (Lipinski definition) is 1. The van der Waals surface area contributed by atoms with Crippen LogP contribution in [0.5, 0.6) is 0 Å². The number of fused-ring (bicyclic) bond motifs is 1. The van der Waals surface area contributed by atoms with Crippen LogP contribution < -0.4 is 10.2 Å². The van der Waals surface area contributed by atoms with Crippen LogP contribution in [0, 0.1) is 12.8 Å². The molecule has 3 fully saturated rings. The Bertz CT molecular complexity index is 657. The zero-order valence-corrected chi connectivity index (χ0v) is 14.9. The van der Waals surface area contributed by atoms with Crippen molar-refractivity contribution in [1.82, 2.24) is 10.2 Å². The maximum atomic E-state index is 12.7. The lowest BCUT2D eigenvalue weighted by Crippen LogP contribution is -2.48. The molecule has 3 aliphatic rings. The molecule has 0 aromatic heterocycles. The Balaban J connectivity index is 1.38. The summed E-state index contributed by atoms with van der Waals surface area (Å²) in [6.45, 7) is 4.78. The molecule has 5 heteroatoms. The van der Waals surface area contributed by atoms with Crippen LogP contribution in [0.15, 0.2) is 24.3 Å². The number of carbonyl (C=O) groups is 2. The highest BCUT2D eigenvalue weighted by molar-refractivity contribution is 6.00. The van der Waals surface area contributed by atoms with Gasteiger partial charge >= 0.3 is 0 Å². The third kappa shape index (κ3) is 3.30. The van der Waals surface area contributed by atoms with E-state index in [1.807, 2.05) is 31.2 Å². The second-order valence-electron chi connectivity index (χ2n) is 7.74. The van der Waals surface area contributed by atoms with Crippen molar-refractivity contribution < 1.29 is 9.59 Å². The van der Waals surface area contributed by atoms with Crippen molar-refractivity contribution in [3.63, 3.8) is 0 Å². The number of rotatable bonds is 3. The molecule has 3 aliphatic heterocycles. The van der Waals surface area contributed by atoms with Gasteiger partial charge in [-0.1, -0.05) is 24.1 Å². The maximum absolute atomic E-state index is 12.7. The van der Waals surface area contributed by atoms with Gasteiger partial charge in [0.15, 0.2) is 0 Å². The largest absolute Gasteiger partial charge is 0.351 e. The highest BCUT2D eigenvalue weighted by Gasteiger charge is 2.40. The number of nitrogens with zero attached hydrogens (tertiary/aromatic N) is 2. The molecule has 1 aromatic carbocycles. The van der Waals surface area contributed by atoms with Crippen molar-refractivity contribution in [2.24, 2.45) is 5.92 Å². The van der Waals surface area contributed by atoms with Crippen LogP contribution in [0.3, 0.4) is 0 Å². The second kappa shape index (κ2) is 6.79. The zero-order valence-electron chi connectivity index (χ0n) is 14.9. The number of piperidine rings is 1. The number of nitrogens with one attached hydrogen (secondary N) is 1. The summed E-state index contributed by atoms with van der Waals surface area (Å²) in [4.78, 5) is 29.4. The van der Waals surface area contributed by atoms with E-state index in [9.17, 15) is 9.59 Å². The summed E-state index contributed by atoms with van der Waals surface area (Å²) in [5.74, 6) is -0.124. The first-order chi connectivity index (χ1) is 12.1. The molecule has 3 atom stereocenters. The Kier molecular flexibility index (Phi) is 4.50. The molecule has 134 valence electrons. The first kappa shape index (κ1) is 16.6. The second-order valence-corrected chi connectivity index (χ2v) is 7.74. The van der Waals surface area contributed by atoms with Crippen molar-refractivity contribution in [1.29, 1.82) is 0 Å². The molecule has 3 saturated heterocycles. The summed E-state index contributed by atoms with van der Waals surface area (Å²) in [5.41, 5.74) is 2.06. The summed E-state index contributed by atoms with van der Waals surface area (Å²) in [7, 11) is 0. The molecule has 0 unspecified atom stereocenters. The summed E-state index contributed by atoms with van der Waals surface area (Å²) in [5, 5.41) is 3.26. The average molecular weight is 341 g/mol. The van der Waals surface area contributed by atoms with E-state index in [0.29, 0.717) is 19.0 Å². The number of aryl methyl sites for hydroxylation is 1. The normalized spacial score (nSPS) is 29.7. The van der Waals surface area contributed by atoms with Crippen LogP contribution in [-0.4, -0.2) is 48.4 Å². The maximum Gasteiger partial charge on any atom is 0.227 e. The fourth-order valence-corrected chi connectivity index (χ4v) is 4.57. The van der Waals surface area contributed by atoms with Gasteiger partial charge in [-0.2, -0.15) is 0 Å². The standard InChI is InChI=1S/C20H27N3O2/c1-14-5-7-16(8-6-14)23-13-15(12-19(23)24)20(25)21-17-9-11-22-10-3-2-4-18(17)22/h5-8,15,17-18H,2-4,9-13H2,1H3,(H,21,25)/t15-,17-,18+/m1/s1. The highest BCUT2D eigenvalue weighted by Crippen LogP contribution is 2.29. The molecule has 4 rings (SSSR count). The Labute approximate surface area is 149 Å². The van der Waals surface area contributed by atoms with Crippen LogP contribution in [0.1, 0.15) is 37.7 Å². The lowest BCUT2D eigenvalue weighted by Gasteiger charge is -2.32. The lowest BCUT2D eigenvalue weighted by molar-refractivity contribution is -0.127. The molecule has 25 heavy (non-hydrogen) atoms. The van der Waals surface area contributed by atoms with Gasteiger partial charge in [0.1, 0.15) is 0 Å². The SMILES string of the molecule is Cc1ccc(N2C[C@H](C(=O)N[C@@H]3CCN4CCCC[C@@H]34)CC2=O)cc1. The molecule has 2 amide bonds. The summed E-state index contributed by atoms with van der Waals surface area (Å²) in [6, 6.07) is 8.70. The number of carbonyl (C=O) groups excluding carboxylic acids is 2. The van der Waals surface area contributed by atoms with Gasteiger partial charge in [-0.15, -0.1) is 0 Å². The molecule has 1 aromatic rings. The minimum atomic E-state index is -0.230. The first-order valence-electron chi connectivity index (χ1n) is 9.53. The minimum absolute atomic E-state index is 0.0507. The Morgan fingerprint density at radius 3 is 2.72 bits per heavy atom. The predicted molar refractivity (Wildman–Crippen MR) is 97.4 cm³/mol. The van der Waals surface area contributed by atoms with Gasteiger partial charge < -0.3 is 10.2 Å². The van der Waals surface area contributed by atoms with E-state index in [-0.39, 0.29) is 23.8 Å². The Morgan fingerprint density at radius 1 is 1.12 bits per heavy atom. The molecule has 0 spiro atoms. The van der Waals surface area contributed by atoms with Crippen LogP contribution >= 0.6 is 0 Å². The van der Waals surface area contributed by atoms with Crippen molar-refractivity contribution in [2.75, 3.05) is 24.5 Å². The van der Waals surface area contributed by atoms with Gasteiger partial charge in [0, 0.05) is 37.3 Å². The molecule has 0 saturated carbocycles. The Morgan fingerprint density at radius 2 is 1.92 bits per heavy atom. The summed E-state index contributed by atoms with van der Waals surface area (Å²) < 4.78 is 0. The van der Waals surface area contributed by atoms with E-state index in [4.69, 9.17) is 0 Å². The van der Waals surface area contributed by atoms with Gasteiger partial charge in [-0.25, -0.2) is 0 Å². The molecule has 5 nitrogen and oxygen atoms in total. The van der Waals surface area contributed by atoms with Crippen molar-refractivity contribution in [2.45, 2.75) is 51.1 Å². The van der Waals surface area contributed by atoms with Crippen molar-refractivity contribution >= 4 is 17.5 Å². The van der Waals surface area contributed by atoms with Crippen LogP contribution in [0.25, 0.3) is 0 Å². The highest BCUT2D eigenvalue weighted by atomic mass is 16.2. The van der Waals surface area contributed by atoms with Gasteiger partial charge in [0.2, 0.25) is 11.8 Å². The molecular formula is C20H27N3O2. The van der Waals surface area contributed by atoms with Crippen LogP contribution in [-0.2, 0) is 9.59 Å². The van der Waals surface area contributed by atoms with E-state index in [1.54, 1.807) is 4.90 Å². The minimum Gasteiger partial charge on any atom is -0.351 e. The Hall–Kier alpha value is -1.88. The third-order valence-corrected chi connectivity index (χ3v) is 6.03. The number of benzene rings is 1. The average Bonchev–Trinajstić information content (AvgIpc) is 3.20. The van der Waals surface area contributed by atoms with Gasteiger partial charge in [0.05, 0.1) is 5.92 Å².